The minimum Gasteiger partial charge on any atom is -0.490 e. The summed E-state index contributed by atoms with van der Waals surface area (Å²) in [5.41, 5.74) is 1.91. The molecule has 3 aromatic rings. The molecule has 1 aliphatic heterocycles. The van der Waals surface area contributed by atoms with Crippen molar-refractivity contribution in [1.29, 1.82) is 0 Å². The van der Waals surface area contributed by atoms with Gasteiger partial charge in [0.15, 0.2) is 11.3 Å². The Morgan fingerprint density at radius 3 is 2.62 bits per heavy atom. The number of alkyl halides is 1. The fraction of sp³-hybridized carbons (Fsp3) is 0.458. The lowest BCUT2D eigenvalue weighted by Crippen LogP contribution is -2.29. The average molecular weight is 439 g/mol. The van der Waals surface area contributed by atoms with Crippen molar-refractivity contribution in [1.82, 2.24) is 14.8 Å². The number of aromatic nitrogens is 3. The number of pyridine rings is 1. The van der Waals surface area contributed by atoms with Crippen LogP contribution in [0.3, 0.4) is 0 Å². The molecule has 2 aliphatic rings. The molecule has 168 valence electrons. The molecule has 1 N–H and O–H groups in total. The molecule has 1 aliphatic carbocycles. The SMILES string of the molecule is O=C(O)c1cc(OC[C@H](F)C2CCOCC2)c2c(C3CCC3)nn(-c3ccccc3)c2n1. The molecule has 0 unspecified atom stereocenters. The maximum Gasteiger partial charge on any atom is 0.354 e. The van der Waals surface area contributed by atoms with Gasteiger partial charge in [0.05, 0.1) is 16.8 Å². The smallest absolute Gasteiger partial charge is 0.354 e. The van der Waals surface area contributed by atoms with Gasteiger partial charge in [0.2, 0.25) is 0 Å². The zero-order chi connectivity index (χ0) is 22.1. The van der Waals surface area contributed by atoms with E-state index < -0.39 is 12.1 Å². The number of carboxylic acids is 1. The van der Waals surface area contributed by atoms with Gasteiger partial charge in [-0.1, -0.05) is 24.6 Å². The molecule has 0 bridgehead atoms. The van der Waals surface area contributed by atoms with Gasteiger partial charge in [-0.25, -0.2) is 18.9 Å². The molecular formula is C24H26FN3O4. The molecule has 3 heterocycles. The maximum absolute atomic E-state index is 14.9. The number of benzene rings is 1. The van der Waals surface area contributed by atoms with Crippen molar-refractivity contribution < 1.29 is 23.8 Å². The Balaban J connectivity index is 1.57. The van der Waals surface area contributed by atoms with Crippen molar-refractivity contribution in [2.75, 3.05) is 19.8 Å². The van der Waals surface area contributed by atoms with Crippen LogP contribution in [0.1, 0.15) is 54.2 Å². The minimum atomic E-state index is -1.16. The molecule has 7 nitrogen and oxygen atoms in total. The lowest BCUT2D eigenvalue weighted by atomic mass is 9.82. The first kappa shape index (κ1) is 20.9. The Kier molecular flexibility index (Phi) is 5.78. The van der Waals surface area contributed by atoms with E-state index in [2.05, 4.69) is 4.98 Å². The molecule has 1 atom stereocenters. The number of para-hydroxylation sites is 1. The Morgan fingerprint density at radius 2 is 1.97 bits per heavy atom. The molecule has 2 aromatic heterocycles. The molecule has 0 amide bonds. The van der Waals surface area contributed by atoms with Gasteiger partial charge in [-0.3, -0.25) is 0 Å². The first-order chi connectivity index (χ1) is 15.6. The fourth-order valence-corrected chi connectivity index (χ4v) is 4.43. The first-order valence-corrected chi connectivity index (χ1v) is 11.2. The van der Waals surface area contributed by atoms with Crippen molar-refractivity contribution in [2.45, 2.75) is 44.2 Å². The molecule has 5 rings (SSSR count). The molecule has 2 fully saturated rings. The largest absolute Gasteiger partial charge is 0.490 e. The topological polar surface area (TPSA) is 86.5 Å². The van der Waals surface area contributed by atoms with Crippen LogP contribution in [0.4, 0.5) is 4.39 Å². The van der Waals surface area contributed by atoms with E-state index in [0.717, 1.165) is 30.6 Å². The van der Waals surface area contributed by atoms with Crippen LogP contribution in [0.2, 0.25) is 0 Å². The van der Waals surface area contributed by atoms with Crippen molar-refractivity contribution in [3.8, 4) is 11.4 Å². The number of rotatable bonds is 7. The summed E-state index contributed by atoms with van der Waals surface area (Å²) in [5, 5.41) is 15.2. The highest BCUT2D eigenvalue weighted by atomic mass is 19.1. The van der Waals surface area contributed by atoms with Crippen LogP contribution < -0.4 is 4.74 Å². The zero-order valence-corrected chi connectivity index (χ0v) is 17.7. The molecular weight excluding hydrogens is 413 g/mol. The average Bonchev–Trinajstić information content (AvgIpc) is 3.16. The van der Waals surface area contributed by atoms with Gasteiger partial charge in [0.1, 0.15) is 18.5 Å². The van der Waals surface area contributed by atoms with E-state index in [1.54, 1.807) is 4.68 Å². The third kappa shape index (κ3) is 3.95. The number of ether oxygens (including phenoxy) is 2. The summed E-state index contributed by atoms with van der Waals surface area (Å²) in [6, 6.07) is 10.9. The van der Waals surface area contributed by atoms with Crippen LogP contribution in [-0.4, -0.2) is 51.8 Å². The summed E-state index contributed by atoms with van der Waals surface area (Å²) in [6.45, 7) is 0.982. The second-order valence-corrected chi connectivity index (χ2v) is 8.55. The molecule has 8 heteroatoms. The predicted molar refractivity (Wildman–Crippen MR) is 116 cm³/mol. The number of fused-ring (bicyclic) bond motifs is 1. The Hall–Kier alpha value is -3.00. The third-order valence-corrected chi connectivity index (χ3v) is 6.52. The molecule has 1 aromatic carbocycles. The van der Waals surface area contributed by atoms with E-state index >= 15 is 0 Å². The second kappa shape index (κ2) is 8.86. The van der Waals surface area contributed by atoms with Gasteiger partial charge in [0.25, 0.3) is 0 Å². The number of carboxylic acid groups (broad SMARTS) is 1. The van der Waals surface area contributed by atoms with E-state index in [1.165, 1.54) is 6.07 Å². The summed E-state index contributed by atoms with van der Waals surface area (Å²) in [4.78, 5) is 16.2. The van der Waals surface area contributed by atoms with Gasteiger partial charge < -0.3 is 14.6 Å². The summed E-state index contributed by atoms with van der Waals surface area (Å²) in [5.74, 6) is -0.674. The number of aromatic carboxylic acids is 1. The standard InChI is InChI=1S/C24H26FN3O4/c25-18(15-9-11-31-12-10-15)14-32-20-13-19(24(29)30)26-23-21(20)22(16-5-4-6-16)27-28(23)17-7-2-1-3-8-17/h1-3,7-8,13,15-16,18H,4-6,9-12,14H2,(H,29,30)/t18-/m0/s1. The maximum atomic E-state index is 14.9. The lowest BCUT2D eigenvalue weighted by Gasteiger charge is -2.26. The third-order valence-electron chi connectivity index (χ3n) is 6.52. The zero-order valence-electron chi connectivity index (χ0n) is 17.7. The summed E-state index contributed by atoms with van der Waals surface area (Å²) < 4.78 is 27.9. The highest BCUT2D eigenvalue weighted by Crippen LogP contribution is 2.42. The number of hydrogen-bond acceptors (Lipinski definition) is 5. The quantitative estimate of drug-likeness (QED) is 0.582. The number of halogens is 1. The van der Waals surface area contributed by atoms with Crippen molar-refractivity contribution in [2.24, 2.45) is 5.92 Å². The Bertz CT molecular complexity index is 1110. The summed E-state index contributed by atoms with van der Waals surface area (Å²) in [7, 11) is 0. The van der Waals surface area contributed by atoms with Crippen molar-refractivity contribution >= 4 is 17.0 Å². The number of hydrogen-bond donors (Lipinski definition) is 1. The van der Waals surface area contributed by atoms with Gasteiger partial charge >= 0.3 is 5.97 Å². The van der Waals surface area contributed by atoms with Crippen LogP contribution in [0.25, 0.3) is 16.7 Å². The molecule has 1 saturated carbocycles. The van der Waals surface area contributed by atoms with Crippen LogP contribution in [0.15, 0.2) is 36.4 Å². The van der Waals surface area contributed by atoms with Crippen LogP contribution in [0, 0.1) is 5.92 Å². The highest BCUT2D eigenvalue weighted by Gasteiger charge is 2.30. The first-order valence-electron chi connectivity index (χ1n) is 11.2. The van der Waals surface area contributed by atoms with Crippen LogP contribution in [-0.2, 0) is 4.74 Å². The van der Waals surface area contributed by atoms with E-state index in [0.29, 0.717) is 42.8 Å². The van der Waals surface area contributed by atoms with Gasteiger partial charge in [-0.05, 0) is 43.7 Å². The number of nitrogens with zero attached hydrogens (tertiary/aromatic N) is 3. The lowest BCUT2D eigenvalue weighted by molar-refractivity contribution is 0.0243. The van der Waals surface area contributed by atoms with E-state index in [-0.39, 0.29) is 24.1 Å². The van der Waals surface area contributed by atoms with E-state index in [9.17, 15) is 14.3 Å². The van der Waals surface area contributed by atoms with Gasteiger partial charge in [-0.15, -0.1) is 0 Å². The second-order valence-electron chi connectivity index (χ2n) is 8.55. The predicted octanol–water partition coefficient (Wildman–Crippen LogP) is 4.53. The monoisotopic (exact) mass is 439 g/mol. The fourth-order valence-electron chi connectivity index (χ4n) is 4.43. The van der Waals surface area contributed by atoms with E-state index in [4.69, 9.17) is 14.6 Å². The van der Waals surface area contributed by atoms with Crippen molar-refractivity contribution in [3.05, 3.63) is 47.8 Å². The molecule has 1 saturated heterocycles. The molecule has 32 heavy (non-hydrogen) atoms. The van der Waals surface area contributed by atoms with E-state index in [1.807, 2.05) is 30.3 Å². The minimum absolute atomic E-state index is 0.113. The normalized spacial score (nSPS) is 18.4. The Labute approximate surface area is 185 Å². The Morgan fingerprint density at radius 1 is 1.22 bits per heavy atom. The van der Waals surface area contributed by atoms with Crippen molar-refractivity contribution in [3.63, 3.8) is 0 Å². The summed E-state index contributed by atoms with van der Waals surface area (Å²) in [6.07, 6.45) is 3.32. The highest BCUT2D eigenvalue weighted by molar-refractivity contribution is 5.94. The molecule has 0 spiro atoms. The summed E-state index contributed by atoms with van der Waals surface area (Å²) >= 11 is 0. The van der Waals surface area contributed by atoms with Crippen LogP contribution in [0.5, 0.6) is 5.75 Å². The number of carbonyl (C=O) groups is 1. The van der Waals surface area contributed by atoms with Gasteiger partial charge in [0, 0.05) is 25.2 Å². The van der Waals surface area contributed by atoms with Gasteiger partial charge in [-0.2, -0.15) is 5.10 Å². The molecule has 0 radical (unpaired) electrons. The van der Waals surface area contributed by atoms with Crippen LogP contribution >= 0.6 is 0 Å².